The highest BCUT2D eigenvalue weighted by Gasteiger charge is 2.31. The molecule has 0 radical (unpaired) electrons. The monoisotopic (exact) mass is 237 g/mol. The zero-order chi connectivity index (χ0) is 12.6. The van der Waals surface area contributed by atoms with Gasteiger partial charge in [0.25, 0.3) is 0 Å². The van der Waals surface area contributed by atoms with E-state index in [-0.39, 0.29) is 11.2 Å². The maximum absolute atomic E-state index is 13.7. The second-order valence-electron chi connectivity index (χ2n) is 5.75. The number of hydrogen-bond donors (Lipinski definition) is 1. The number of fused-ring (bicyclic) bond motifs is 1. The van der Waals surface area contributed by atoms with Crippen molar-refractivity contribution in [2.45, 2.75) is 27.2 Å². The van der Waals surface area contributed by atoms with Crippen LogP contribution in [0.15, 0.2) is 12.1 Å². The van der Waals surface area contributed by atoms with Gasteiger partial charge in [0.05, 0.1) is 12.8 Å². The minimum atomic E-state index is -0.187. The molecular formula is C14H20FNO. The molecule has 0 spiro atoms. The summed E-state index contributed by atoms with van der Waals surface area (Å²) >= 11 is 0. The molecule has 1 aromatic carbocycles. The summed E-state index contributed by atoms with van der Waals surface area (Å²) in [6.45, 7) is 7.48. The van der Waals surface area contributed by atoms with Crippen LogP contribution in [0.4, 0.5) is 10.1 Å². The molecule has 0 aliphatic carbocycles. The SMILES string of the molecule is COc1ccc(F)c2c1CC(C(C)(C)C)CN2. The fraction of sp³-hybridized carbons (Fsp3) is 0.571. The lowest BCUT2D eigenvalue weighted by molar-refractivity contribution is 0.244. The third-order valence-corrected chi connectivity index (χ3v) is 3.64. The van der Waals surface area contributed by atoms with E-state index in [1.807, 2.05) is 0 Å². The average molecular weight is 237 g/mol. The second-order valence-corrected chi connectivity index (χ2v) is 5.75. The zero-order valence-electron chi connectivity index (χ0n) is 10.9. The Bertz CT molecular complexity index is 423. The highest BCUT2D eigenvalue weighted by molar-refractivity contribution is 5.60. The van der Waals surface area contributed by atoms with E-state index in [2.05, 4.69) is 26.1 Å². The molecular weight excluding hydrogens is 217 g/mol. The van der Waals surface area contributed by atoms with Crippen LogP contribution in [0, 0.1) is 17.2 Å². The first-order chi connectivity index (χ1) is 7.93. The molecule has 1 N–H and O–H groups in total. The number of methoxy groups -OCH3 is 1. The highest BCUT2D eigenvalue weighted by atomic mass is 19.1. The van der Waals surface area contributed by atoms with E-state index in [1.54, 1.807) is 13.2 Å². The number of nitrogens with one attached hydrogen (secondary N) is 1. The Morgan fingerprint density at radius 1 is 1.35 bits per heavy atom. The van der Waals surface area contributed by atoms with Gasteiger partial charge >= 0.3 is 0 Å². The van der Waals surface area contributed by atoms with Crippen LogP contribution >= 0.6 is 0 Å². The fourth-order valence-corrected chi connectivity index (χ4v) is 2.34. The van der Waals surface area contributed by atoms with E-state index in [4.69, 9.17) is 4.74 Å². The quantitative estimate of drug-likeness (QED) is 0.807. The number of hydrogen-bond acceptors (Lipinski definition) is 2. The van der Waals surface area contributed by atoms with Crippen LogP contribution in [0.5, 0.6) is 5.75 Å². The van der Waals surface area contributed by atoms with E-state index in [1.165, 1.54) is 6.07 Å². The van der Waals surface area contributed by atoms with E-state index < -0.39 is 0 Å². The van der Waals surface area contributed by atoms with Crippen molar-refractivity contribution < 1.29 is 9.13 Å². The lowest BCUT2D eigenvalue weighted by Crippen LogP contribution is -2.33. The fourth-order valence-electron chi connectivity index (χ4n) is 2.34. The molecule has 17 heavy (non-hydrogen) atoms. The van der Waals surface area contributed by atoms with Crippen molar-refractivity contribution in [3.63, 3.8) is 0 Å². The molecule has 3 heteroatoms. The Morgan fingerprint density at radius 3 is 2.65 bits per heavy atom. The molecule has 1 atom stereocenters. The Hall–Kier alpha value is -1.25. The van der Waals surface area contributed by atoms with Crippen molar-refractivity contribution >= 4 is 5.69 Å². The Morgan fingerprint density at radius 2 is 2.06 bits per heavy atom. The van der Waals surface area contributed by atoms with E-state index >= 15 is 0 Å². The molecule has 0 amide bonds. The van der Waals surface area contributed by atoms with Crippen LogP contribution in [0.25, 0.3) is 0 Å². The molecule has 0 saturated carbocycles. The minimum Gasteiger partial charge on any atom is -0.496 e. The van der Waals surface area contributed by atoms with E-state index in [0.717, 1.165) is 24.3 Å². The molecule has 1 heterocycles. The molecule has 1 aliphatic heterocycles. The van der Waals surface area contributed by atoms with Gasteiger partial charge in [-0.15, -0.1) is 0 Å². The number of anilines is 1. The molecule has 2 rings (SSSR count). The molecule has 1 unspecified atom stereocenters. The molecule has 0 saturated heterocycles. The van der Waals surface area contributed by atoms with Crippen LogP contribution in [-0.4, -0.2) is 13.7 Å². The molecule has 94 valence electrons. The maximum Gasteiger partial charge on any atom is 0.146 e. The van der Waals surface area contributed by atoms with Gasteiger partial charge in [-0.05, 0) is 29.9 Å². The van der Waals surface area contributed by atoms with Gasteiger partial charge in [0.2, 0.25) is 0 Å². The van der Waals surface area contributed by atoms with Crippen molar-refractivity contribution in [3.8, 4) is 5.75 Å². The molecule has 1 aromatic rings. The first-order valence-corrected chi connectivity index (χ1v) is 6.02. The minimum absolute atomic E-state index is 0.187. The third kappa shape index (κ3) is 2.24. The van der Waals surface area contributed by atoms with Crippen molar-refractivity contribution in [1.29, 1.82) is 0 Å². The molecule has 0 fully saturated rings. The number of rotatable bonds is 1. The molecule has 2 nitrogen and oxygen atoms in total. The first kappa shape index (κ1) is 12.2. The average Bonchev–Trinajstić information content (AvgIpc) is 2.28. The van der Waals surface area contributed by atoms with Crippen molar-refractivity contribution in [2.24, 2.45) is 11.3 Å². The smallest absolute Gasteiger partial charge is 0.146 e. The summed E-state index contributed by atoms with van der Waals surface area (Å²) in [5.41, 5.74) is 1.80. The standard InChI is InChI=1S/C14H20FNO/c1-14(2,3)9-7-10-12(17-4)6-5-11(15)13(10)16-8-9/h5-6,9,16H,7-8H2,1-4H3. The lowest BCUT2D eigenvalue weighted by Gasteiger charge is -2.36. The van der Waals surface area contributed by atoms with Gasteiger partial charge in [0, 0.05) is 12.1 Å². The number of ether oxygens (including phenoxy) is 1. The second kappa shape index (κ2) is 4.21. The van der Waals surface area contributed by atoms with Crippen molar-refractivity contribution in [3.05, 3.63) is 23.5 Å². The predicted octanol–water partition coefficient (Wildman–Crippen LogP) is 3.46. The van der Waals surface area contributed by atoms with Crippen LogP contribution in [0.3, 0.4) is 0 Å². The molecule has 1 aliphatic rings. The topological polar surface area (TPSA) is 21.3 Å². The third-order valence-electron chi connectivity index (χ3n) is 3.64. The van der Waals surface area contributed by atoms with Crippen LogP contribution in [0.1, 0.15) is 26.3 Å². The molecule has 0 aromatic heterocycles. The summed E-state index contributed by atoms with van der Waals surface area (Å²) in [4.78, 5) is 0. The van der Waals surface area contributed by atoms with Gasteiger partial charge in [0.1, 0.15) is 11.6 Å². The molecule has 0 bridgehead atoms. The zero-order valence-corrected chi connectivity index (χ0v) is 10.9. The van der Waals surface area contributed by atoms with Gasteiger partial charge in [0.15, 0.2) is 0 Å². The summed E-state index contributed by atoms with van der Waals surface area (Å²) in [5, 5.41) is 3.21. The summed E-state index contributed by atoms with van der Waals surface area (Å²) in [5.74, 6) is 1.08. The maximum atomic E-state index is 13.7. The van der Waals surface area contributed by atoms with Crippen molar-refractivity contribution in [1.82, 2.24) is 0 Å². The van der Waals surface area contributed by atoms with Gasteiger partial charge in [-0.1, -0.05) is 20.8 Å². The first-order valence-electron chi connectivity index (χ1n) is 6.02. The summed E-state index contributed by atoms with van der Waals surface area (Å²) in [6.07, 6.45) is 0.868. The Balaban J connectivity index is 2.39. The largest absolute Gasteiger partial charge is 0.496 e. The number of halogens is 1. The summed E-state index contributed by atoms with van der Waals surface area (Å²) < 4.78 is 19.0. The Kier molecular flexibility index (Phi) is 3.02. The number of benzene rings is 1. The predicted molar refractivity (Wildman–Crippen MR) is 68.1 cm³/mol. The lowest BCUT2D eigenvalue weighted by atomic mass is 9.75. The van der Waals surface area contributed by atoms with Crippen LogP contribution in [0.2, 0.25) is 0 Å². The van der Waals surface area contributed by atoms with Crippen molar-refractivity contribution in [2.75, 3.05) is 19.0 Å². The van der Waals surface area contributed by atoms with Gasteiger partial charge < -0.3 is 10.1 Å². The van der Waals surface area contributed by atoms with Gasteiger partial charge in [-0.3, -0.25) is 0 Å². The van der Waals surface area contributed by atoms with Gasteiger partial charge in [-0.2, -0.15) is 0 Å². The summed E-state index contributed by atoms with van der Waals surface area (Å²) in [7, 11) is 1.63. The normalized spacial score (nSPS) is 19.5. The van der Waals surface area contributed by atoms with Gasteiger partial charge in [-0.25, -0.2) is 4.39 Å². The van der Waals surface area contributed by atoms with E-state index in [9.17, 15) is 4.39 Å². The summed E-state index contributed by atoms with van der Waals surface area (Å²) in [6, 6.07) is 3.17. The highest BCUT2D eigenvalue weighted by Crippen LogP contribution is 2.39. The van der Waals surface area contributed by atoms with Crippen LogP contribution < -0.4 is 10.1 Å². The van der Waals surface area contributed by atoms with E-state index in [0.29, 0.717) is 11.6 Å². The van der Waals surface area contributed by atoms with Crippen LogP contribution in [-0.2, 0) is 6.42 Å². The Labute approximate surface area is 102 Å².